The number of carboxylic acids is 1. The molecule has 1 unspecified atom stereocenters. The zero-order valence-electron chi connectivity index (χ0n) is 14.4. The molecule has 4 rings (SSSR count). The van der Waals surface area contributed by atoms with E-state index in [1.54, 1.807) is 24.5 Å². The highest BCUT2D eigenvalue weighted by Gasteiger charge is 2.19. The van der Waals surface area contributed by atoms with Gasteiger partial charge in [0.05, 0.1) is 6.20 Å². The smallest absolute Gasteiger partial charge is 0.339 e. The second-order valence-electron chi connectivity index (χ2n) is 6.48. The van der Waals surface area contributed by atoms with E-state index in [4.69, 9.17) is 4.74 Å². The van der Waals surface area contributed by atoms with Gasteiger partial charge in [-0.05, 0) is 31.2 Å². The van der Waals surface area contributed by atoms with Crippen molar-refractivity contribution in [3.8, 4) is 11.5 Å². The van der Waals surface area contributed by atoms with Crippen LogP contribution in [0.4, 0.5) is 5.69 Å². The van der Waals surface area contributed by atoms with E-state index in [0.29, 0.717) is 17.5 Å². The van der Waals surface area contributed by atoms with Crippen molar-refractivity contribution in [1.82, 2.24) is 15.3 Å². The van der Waals surface area contributed by atoms with Gasteiger partial charge in [0.25, 0.3) is 0 Å². The lowest BCUT2D eigenvalue weighted by Gasteiger charge is -2.33. The first kappa shape index (κ1) is 16.4. The first-order valence-corrected chi connectivity index (χ1v) is 8.57. The predicted molar refractivity (Wildman–Crippen MR) is 99.2 cm³/mol. The molecular weight excluding hydrogens is 332 g/mol. The van der Waals surface area contributed by atoms with Crippen LogP contribution in [0, 0.1) is 0 Å². The molecule has 0 aliphatic carbocycles. The fourth-order valence-corrected chi connectivity index (χ4v) is 3.24. The third-order valence-corrected chi connectivity index (χ3v) is 4.53. The number of hydrogen-bond donors (Lipinski definition) is 3. The molecule has 2 aromatic heterocycles. The lowest BCUT2D eigenvalue weighted by Crippen LogP contribution is -2.49. The lowest BCUT2D eigenvalue weighted by atomic mass is 10.1. The average Bonchev–Trinajstić information content (AvgIpc) is 3.09. The predicted octanol–water partition coefficient (Wildman–Crippen LogP) is 2.85. The highest BCUT2D eigenvalue weighted by atomic mass is 16.5. The third kappa shape index (κ3) is 3.21. The molecule has 0 bridgehead atoms. The number of H-pyrrole nitrogens is 1. The van der Waals surface area contributed by atoms with E-state index >= 15 is 0 Å². The normalized spacial score (nSPS) is 17.4. The van der Waals surface area contributed by atoms with E-state index in [1.165, 1.54) is 0 Å². The van der Waals surface area contributed by atoms with Crippen LogP contribution in [-0.2, 0) is 0 Å². The molecule has 134 valence electrons. The number of aromatic amines is 1. The number of benzene rings is 1. The van der Waals surface area contributed by atoms with E-state index in [-0.39, 0.29) is 5.56 Å². The van der Waals surface area contributed by atoms with Crippen LogP contribution in [0.15, 0.2) is 42.7 Å². The fourth-order valence-electron chi connectivity index (χ4n) is 3.24. The molecule has 1 saturated heterocycles. The Morgan fingerprint density at radius 1 is 1.35 bits per heavy atom. The molecule has 7 nitrogen and oxygen atoms in total. The molecule has 3 N–H and O–H groups in total. The van der Waals surface area contributed by atoms with Gasteiger partial charge in [-0.1, -0.05) is 0 Å². The Balaban J connectivity index is 1.67. The van der Waals surface area contributed by atoms with Gasteiger partial charge in [0, 0.05) is 49.0 Å². The zero-order chi connectivity index (χ0) is 18.1. The summed E-state index contributed by atoms with van der Waals surface area (Å²) in [6.45, 7) is 4.76. The number of carboxylic acid groups (broad SMARTS) is 1. The Kier molecular flexibility index (Phi) is 4.22. The van der Waals surface area contributed by atoms with E-state index in [2.05, 4.69) is 27.1 Å². The number of aromatic nitrogens is 2. The standard InChI is InChI=1S/C19H20N4O3/c1-12-11-23(7-6-20-12)14-2-3-16(19(24)25)17(9-14)26-15-8-13-4-5-21-18(13)22-10-15/h2-5,8-10,12,20H,6-7,11H2,1H3,(H,21,22)(H,24,25). The lowest BCUT2D eigenvalue weighted by molar-refractivity contribution is 0.0694. The molecule has 7 heteroatoms. The molecule has 1 aliphatic heterocycles. The first-order valence-electron chi connectivity index (χ1n) is 8.57. The summed E-state index contributed by atoms with van der Waals surface area (Å²) in [6.07, 6.45) is 3.39. The Hall–Kier alpha value is -3.06. The van der Waals surface area contributed by atoms with Gasteiger partial charge in [-0.25, -0.2) is 9.78 Å². The number of nitrogens with one attached hydrogen (secondary N) is 2. The summed E-state index contributed by atoms with van der Waals surface area (Å²) < 4.78 is 5.91. The van der Waals surface area contributed by atoms with Crippen LogP contribution < -0.4 is 15.0 Å². The number of anilines is 1. The Morgan fingerprint density at radius 2 is 2.23 bits per heavy atom. The summed E-state index contributed by atoms with van der Waals surface area (Å²) in [4.78, 5) is 21.1. The fraction of sp³-hybridized carbons (Fsp3) is 0.263. The number of aromatic carboxylic acids is 1. The zero-order valence-corrected chi connectivity index (χ0v) is 14.4. The highest BCUT2D eigenvalue weighted by molar-refractivity contribution is 5.92. The van der Waals surface area contributed by atoms with E-state index < -0.39 is 5.97 Å². The molecule has 1 aromatic carbocycles. The average molecular weight is 352 g/mol. The van der Waals surface area contributed by atoms with Crippen LogP contribution in [0.25, 0.3) is 11.0 Å². The number of ether oxygens (including phenoxy) is 1. The first-order chi connectivity index (χ1) is 12.6. The number of nitrogens with zero attached hydrogens (tertiary/aromatic N) is 2. The molecule has 1 fully saturated rings. The van der Waals surface area contributed by atoms with E-state index in [0.717, 1.165) is 36.4 Å². The van der Waals surface area contributed by atoms with Gasteiger partial charge in [0.15, 0.2) is 0 Å². The van der Waals surface area contributed by atoms with Crippen LogP contribution >= 0.6 is 0 Å². The maximum Gasteiger partial charge on any atom is 0.339 e. The monoisotopic (exact) mass is 352 g/mol. The molecule has 0 saturated carbocycles. The van der Waals surface area contributed by atoms with Gasteiger partial charge in [0.1, 0.15) is 22.7 Å². The minimum Gasteiger partial charge on any atom is -0.478 e. The van der Waals surface area contributed by atoms with Gasteiger partial charge >= 0.3 is 5.97 Å². The molecule has 0 amide bonds. The molecule has 26 heavy (non-hydrogen) atoms. The van der Waals surface area contributed by atoms with Crippen molar-refractivity contribution in [3.05, 3.63) is 48.3 Å². The van der Waals surface area contributed by atoms with Crippen LogP contribution in [-0.4, -0.2) is 46.7 Å². The quantitative estimate of drug-likeness (QED) is 0.669. The number of hydrogen-bond acceptors (Lipinski definition) is 5. The van der Waals surface area contributed by atoms with Gasteiger partial charge < -0.3 is 25.0 Å². The largest absolute Gasteiger partial charge is 0.478 e. The van der Waals surface area contributed by atoms with E-state index in [9.17, 15) is 9.90 Å². The second kappa shape index (κ2) is 6.68. The molecule has 0 radical (unpaired) electrons. The SMILES string of the molecule is CC1CN(c2ccc(C(=O)O)c(Oc3cnc4[nH]ccc4c3)c2)CCN1. The van der Waals surface area contributed by atoms with Crippen molar-refractivity contribution in [3.63, 3.8) is 0 Å². The van der Waals surface area contributed by atoms with Crippen LogP contribution in [0.5, 0.6) is 11.5 Å². The van der Waals surface area contributed by atoms with Crippen molar-refractivity contribution in [2.75, 3.05) is 24.5 Å². The number of pyridine rings is 1. The molecular formula is C19H20N4O3. The van der Waals surface area contributed by atoms with Crippen molar-refractivity contribution in [2.24, 2.45) is 0 Å². The summed E-state index contributed by atoms with van der Waals surface area (Å²) in [6, 6.07) is 9.34. The van der Waals surface area contributed by atoms with Crippen molar-refractivity contribution in [2.45, 2.75) is 13.0 Å². The van der Waals surface area contributed by atoms with Crippen LogP contribution in [0.2, 0.25) is 0 Å². The Bertz CT molecular complexity index is 953. The third-order valence-electron chi connectivity index (χ3n) is 4.53. The van der Waals surface area contributed by atoms with Crippen molar-refractivity contribution < 1.29 is 14.6 Å². The summed E-state index contributed by atoms with van der Waals surface area (Å²) >= 11 is 0. The van der Waals surface area contributed by atoms with Gasteiger partial charge in [-0.3, -0.25) is 0 Å². The van der Waals surface area contributed by atoms with E-state index in [1.807, 2.05) is 18.2 Å². The maximum absolute atomic E-state index is 11.6. The van der Waals surface area contributed by atoms with Crippen LogP contribution in [0.1, 0.15) is 17.3 Å². The van der Waals surface area contributed by atoms with Gasteiger partial charge in [-0.2, -0.15) is 0 Å². The summed E-state index contributed by atoms with van der Waals surface area (Å²) in [5.74, 6) is -0.195. The number of carbonyl (C=O) groups is 1. The van der Waals surface area contributed by atoms with Crippen molar-refractivity contribution >= 4 is 22.7 Å². The number of rotatable bonds is 4. The molecule has 0 spiro atoms. The minimum atomic E-state index is -1.02. The summed E-state index contributed by atoms with van der Waals surface area (Å²) in [7, 11) is 0. The number of piperazine rings is 1. The molecule has 3 heterocycles. The number of fused-ring (bicyclic) bond motifs is 1. The van der Waals surface area contributed by atoms with Gasteiger partial charge in [0.2, 0.25) is 0 Å². The Morgan fingerprint density at radius 3 is 3.04 bits per heavy atom. The molecule has 3 aromatic rings. The minimum absolute atomic E-state index is 0.131. The second-order valence-corrected chi connectivity index (χ2v) is 6.48. The molecule has 1 atom stereocenters. The van der Waals surface area contributed by atoms with Crippen LogP contribution in [0.3, 0.4) is 0 Å². The summed E-state index contributed by atoms with van der Waals surface area (Å²) in [5.41, 5.74) is 1.85. The van der Waals surface area contributed by atoms with Crippen molar-refractivity contribution in [1.29, 1.82) is 0 Å². The molecule has 1 aliphatic rings. The maximum atomic E-state index is 11.6. The Labute approximate surface area is 150 Å². The summed E-state index contributed by atoms with van der Waals surface area (Å²) in [5, 5.41) is 13.8. The highest BCUT2D eigenvalue weighted by Crippen LogP contribution is 2.31. The van der Waals surface area contributed by atoms with Gasteiger partial charge in [-0.15, -0.1) is 0 Å². The topological polar surface area (TPSA) is 90.5 Å².